The van der Waals surface area contributed by atoms with Crippen molar-refractivity contribution in [2.45, 2.75) is 0 Å². The van der Waals surface area contributed by atoms with Crippen molar-refractivity contribution in [2.24, 2.45) is 0 Å². The van der Waals surface area contributed by atoms with Gasteiger partial charge in [-0.15, -0.1) is 5.53 Å². The van der Waals surface area contributed by atoms with Gasteiger partial charge in [-0.2, -0.15) is 0 Å². The number of phenols is 1. The van der Waals surface area contributed by atoms with E-state index in [1.165, 1.54) is 0 Å². The van der Waals surface area contributed by atoms with Crippen molar-refractivity contribution in [1.82, 2.24) is 5.53 Å². The van der Waals surface area contributed by atoms with Gasteiger partial charge < -0.3 is 10.5 Å². The first-order chi connectivity index (χ1) is 8.24. The van der Waals surface area contributed by atoms with Crippen LogP contribution in [0.5, 0.6) is 5.75 Å². The van der Waals surface area contributed by atoms with Crippen molar-refractivity contribution in [2.75, 3.05) is 17.5 Å². The van der Waals surface area contributed by atoms with Gasteiger partial charge in [-0.05, 0) is 35.4 Å². The average Bonchev–Trinajstić information content (AvgIpc) is 2.72. The minimum Gasteiger partial charge on any atom is -0.508 e. The Morgan fingerprint density at radius 3 is 2.47 bits per heavy atom. The predicted octanol–water partition coefficient (Wildman–Crippen LogP) is 2.34. The summed E-state index contributed by atoms with van der Waals surface area (Å²) >= 11 is 0. The van der Waals surface area contributed by atoms with Gasteiger partial charge in [0.25, 0.3) is 0 Å². The maximum absolute atomic E-state index is 9.26. The van der Waals surface area contributed by atoms with E-state index in [0.717, 1.165) is 22.5 Å². The first kappa shape index (κ1) is 9.99. The van der Waals surface area contributed by atoms with Crippen LogP contribution < -0.4 is 16.0 Å². The highest BCUT2D eigenvalue weighted by Gasteiger charge is 2.14. The van der Waals surface area contributed by atoms with E-state index >= 15 is 0 Å². The molecule has 4 heteroatoms. The van der Waals surface area contributed by atoms with Crippen LogP contribution in [0.2, 0.25) is 0 Å². The molecule has 0 fully saturated rings. The molecule has 0 amide bonds. The van der Waals surface area contributed by atoms with Gasteiger partial charge in [-0.25, -0.2) is 0 Å². The van der Waals surface area contributed by atoms with Crippen LogP contribution >= 0.6 is 0 Å². The van der Waals surface area contributed by atoms with Crippen molar-refractivity contribution in [3.8, 4) is 16.9 Å². The highest BCUT2D eigenvalue weighted by Crippen LogP contribution is 2.33. The van der Waals surface area contributed by atoms with E-state index in [0.29, 0.717) is 0 Å². The van der Waals surface area contributed by atoms with E-state index in [1.54, 1.807) is 12.1 Å². The molecule has 1 aliphatic heterocycles. The number of rotatable bonds is 1. The van der Waals surface area contributed by atoms with Crippen LogP contribution in [-0.4, -0.2) is 12.2 Å². The van der Waals surface area contributed by atoms with Crippen molar-refractivity contribution in [1.29, 1.82) is 0 Å². The first-order valence-corrected chi connectivity index (χ1v) is 5.43. The zero-order valence-corrected chi connectivity index (χ0v) is 9.44. The van der Waals surface area contributed by atoms with Crippen LogP contribution in [0.3, 0.4) is 0 Å². The quantitative estimate of drug-likeness (QED) is 0.700. The predicted molar refractivity (Wildman–Crippen MR) is 68.7 cm³/mol. The van der Waals surface area contributed by atoms with E-state index in [1.807, 2.05) is 24.2 Å². The molecule has 0 atom stereocenters. The summed E-state index contributed by atoms with van der Waals surface area (Å²) in [6.07, 6.45) is 0. The molecule has 0 saturated carbocycles. The third-order valence-corrected chi connectivity index (χ3v) is 2.92. The highest BCUT2D eigenvalue weighted by molar-refractivity contribution is 5.79. The molecule has 0 bridgehead atoms. The highest BCUT2D eigenvalue weighted by atomic mass is 16.3. The topological polar surface area (TPSA) is 47.5 Å². The molecule has 2 aromatic carbocycles. The number of aromatic hydroxyl groups is 1. The molecule has 3 N–H and O–H groups in total. The van der Waals surface area contributed by atoms with Gasteiger partial charge in [0.15, 0.2) is 0 Å². The Morgan fingerprint density at radius 2 is 1.71 bits per heavy atom. The van der Waals surface area contributed by atoms with Crippen LogP contribution in [-0.2, 0) is 0 Å². The fourth-order valence-corrected chi connectivity index (χ4v) is 1.97. The van der Waals surface area contributed by atoms with Crippen LogP contribution in [0, 0.1) is 0 Å². The van der Waals surface area contributed by atoms with Crippen LogP contribution in [0.25, 0.3) is 11.1 Å². The Bertz CT molecular complexity index is 551. The molecule has 17 heavy (non-hydrogen) atoms. The molecule has 1 aliphatic rings. The minimum absolute atomic E-state index is 0.287. The number of hydrazine groups is 2. The summed E-state index contributed by atoms with van der Waals surface area (Å²) in [6, 6.07) is 13.4. The number of benzene rings is 2. The van der Waals surface area contributed by atoms with Crippen molar-refractivity contribution in [3.05, 3.63) is 42.5 Å². The minimum atomic E-state index is 0.287. The van der Waals surface area contributed by atoms with Crippen molar-refractivity contribution >= 4 is 11.4 Å². The Hall–Kier alpha value is -2.20. The first-order valence-electron chi connectivity index (χ1n) is 5.43. The molecule has 0 saturated heterocycles. The van der Waals surface area contributed by atoms with Gasteiger partial charge >= 0.3 is 0 Å². The van der Waals surface area contributed by atoms with Crippen LogP contribution in [0.4, 0.5) is 11.4 Å². The van der Waals surface area contributed by atoms with Gasteiger partial charge in [0.2, 0.25) is 0 Å². The summed E-state index contributed by atoms with van der Waals surface area (Å²) in [5.74, 6) is 0.287. The van der Waals surface area contributed by atoms with Gasteiger partial charge in [-0.3, -0.25) is 5.01 Å². The summed E-state index contributed by atoms with van der Waals surface area (Å²) < 4.78 is 0. The van der Waals surface area contributed by atoms with Gasteiger partial charge in [0, 0.05) is 7.05 Å². The van der Waals surface area contributed by atoms with E-state index in [4.69, 9.17) is 0 Å². The Labute approximate surface area is 99.4 Å². The Balaban J connectivity index is 2.02. The molecule has 3 rings (SSSR count). The second kappa shape index (κ2) is 3.68. The number of fused-ring (bicyclic) bond motifs is 1. The van der Waals surface area contributed by atoms with Gasteiger partial charge in [0.05, 0.1) is 11.4 Å². The monoisotopic (exact) mass is 227 g/mol. The van der Waals surface area contributed by atoms with Gasteiger partial charge in [0.1, 0.15) is 5.75 Å². The lowest BCUT2D eigenvalue weighted by Crippen LogP contribution is -2.31. The molecule has 1 heterocycles. The van der Waals surface area contributed by atoms with Crippen LogP contribution in [0.15, 0.2) is 42.5 Å². The molecule has 2 aromatic rings. The maximum Gasteiger partial charge on any atom is 0.115 e. The molecule has 0 aliphatic carbocycles. The number of hydrogen-bond acceptors (Lipinski definition) is 4. The fraction of sp³-hybridized carbons (Fsp3) is 0.0769. The standard InChI is InChI=1S/C13H13N3O/c1-16-13-7-4-10(8-12(13)14-15-16)9-2-5-11(17)6-3-9/h2-8,14-15,17H,1H3. The molecular formula is C13H13N3O. The summed E-state index contributed by atoms with van der Waals surface area (Å²) in [5, 5.41) is 11.2. The average molecular weight is 227 g/mol. The second-order valence-corrected chi connectivity index (χ2v) is 4.07. The number of hydrogen-bond donors (Lipinski definition) is 3. The smallest absolute Gasteiger partial charge is 0.115 e. The largest absolute Gasteiger partial charge is 0.508 e. The summed E-state index contributed by atoms with van der Waals surface area (Å²) in [4.78, 5) is 0. The molecular weight excluding hydrogens is 214 g/mol. The summed E-state index contributed by atoms with van der Waals surface area (Å²) in [7, 11) is 1.96. The lowest BCUT2D eigenvalue weighted by Gasteiger charge is -2.09. The summed E-state index contributed by atoms with van der Waals surface area (Å²) in [6.45, 7) is 0. The second-order valence-electron chi connectivity index (χ2n) is 4.07. The maximum atomic E-state index is 9.26. The normalized spacial score (nSPS) is 13.4. The fourth-order valence-electron chi connectivity index (χ4n) is 1.97. The van der Waals surface area contributed by atoms with Crippen molar-refractivity contribution < 1.29 is 5.11 Å². The number of nitrogens with zero attached hydrogens (tertiary/aromatic N) is 1. The Morgan fingerprint density at radius 1 is 1.00 bits per heavy atom. The van der Waals surface area contributed by atoms with Gasteiger partial charge in [-0.1, -0.05) is 18.2 Å². The molecule has 4 nitrogen and oxygen atoms in total. The van der Waals surface area contributed by atoms with E-state index in [-0.39, 0.29) is 5.75 Å². The lowest BCUT2D eigenvalue weighted by molar-refractivity contribution is 0.475. The molecule has 86 valence electrons. The number of anilines is 2. The van der Waals surface area contributed by atoms with E-state index < -0.39 is 0 Å². The van der Waals surface area contributed by atoms with Crippen LogP contribution in [0.1, 0.15) is 0 Å². The van der Waals surface area contributed by atoms with E-state index in [2.05, 4.69) is 29.2 Å². The SMILES string of the molecule is CN1NNc2cc(-c3ccc(O)cc3)ccc21. The molecule has 0 spiro atoms. The zero-order valence-electron chi connectivity index (χ0n) is 9.44. The zero-order chi connectivity index (χ0) is 11.8. The number of nitrogens with one attached hydrogen (secondary N) is 2. The number of phenolic OH excluding ortho intramolecular Hbond substituents is 1. The molecule has 0 unspecified atom stereocenters. The summed E-state index contributed by atoms with van der Waals surface area (Å²) in [5.41, 5.74) is 10.5. The molecule has 0 aromatic heterocycles. The third kappa shape index (κ3) is 1.68. The third-order valence-electron chi connectivity index (χ3n) is 2.92. The van der Waals surface area contributed by atoms with E-state index in [9.17, 15) is 5.11 Å². The molecule has 0 radical (unpaired) electrons. The van der Waals surface area contributed by atoms with Crippen molar-refractivity contribution in [3.63, 3.8) is 0 Å². The Kier molecular flexibility index (Phi) is 2.16. The lowest BCUT2D eigenvalue weighted by atomic mass is 10.0.